The number of carbonyl (C=O) groups excluding carboxylic acids is 2. The number of ether oxygens (including phenoxy) is 1. The predicted octanol–water partition coefficient (Wildman–Crippen LogP) is 3.26. The third-order valence-electron chi connectivity index (χ3n) is 2.81. The fourth-order valence-electron chi connectivity index (χ4n) is 1.68. The highest BCUT2D eigenvalue weighted by molar-refractivity contribution is 7.08. The summed E-state index contributed by atoms with van der Waals surface area (Å²) in [7, 11) is 1.32. The van der Waals surface area contributed by atoms with E-state index >= 15 is 0 Å². The molecule has 2 amide bonds. The van der Waals surface area contributed by atoms with E-state index in [9.17, 15) is 9.59 Å². The maximum atomic E-state index is 11.8. The first-order valence-corrected chi connectivity index (χ1v) is 7.53. The van der Waals surface area contributed by atoms with E-state index in [0.29, 0.717) is 12.2 Å². The Balaban J connectivity index is 1.85. The Morgan fingerprint density at radius 1 is 1.23 bits per heavy atom. The third-order valence-corrected chi connectivity index (χ3v) is 3.52. The van der Waals surface area contributed by atoms with Gasteiger partial charge in [0, 0.05) is 18.3 Å². The number of nitrogens with one attached hydrogen (secondary N) is 2. The van der Waals surface area contributed by atoms with Crippen LogP contribution in [-0.4, -0.2) is 19.1 Å². The van der Waals surface area contributed by atoms with Gasteiger partial charge in [-0.25, -0.2) is 4.79 Å². The molecule has 2 aromatic rings. The highest BCUT2D eigenvalue weighted by atomic mass is 32.1. The highest BCUT2D eigenvalue weighted by Crippen LogP contribution is 2.11. The number of benzene rings is 1. The normalized spacial score (nSPS) is 10.4. The van der Waals surface area contributed by atoms with Gasteiger partial charge in [-0.3, -0.25) is 4.79 Å². The third kappa shape index (κ3) is 5.06. The number of rotatable bonds is 5. The van der Waals surface area contributed by atoms with Gasteiger partial charge in [0.05, 0.1) is 7.11 Å². The lowest BCUT2D eigenvalue weighted by molar-refractivity contribution is -0.111. The van der Waals surface area contributed by atoms with Crippen LogP contribution in [0, 0.1) is 0 Å². The first-order chi connectivity index (χ1) is 10.7. The van der Waals surface area contributed by atoms with Crippen molar-refractivity contribution in [1.29, 1.82) is 0 Å². The molecule has 1 heterocycles. The van der Waals surface area contributed by atoms with E-state index in [1.165, 1.54) is 13.2 Å². The number of alkyl carbamates (subject to hydrolysis) is 1. The van der Waals surface area contributed by atoms with E-state index in [1.54, 1.807) is 29.5 Å². The zero-order valence-corrected chi connectivity index (χ0v) is 12.9. The Kier molecular flexibility index (Phi) is 5.73. The van der Waals surface area contributed by atoms with Crippen molar-refractivity contribution in [2.45, 2.75) is 6.54 Å². The maximum absolute atomic E-state index is 11.8. The van der Waals surface area contributed by atoms with E-state index in [2.05, 4.69) is 15.4 Å². The SMILES string of the molecule is COC(=O)NCc1ccc(NC(=O)/C=C/c2ccsc2)cc1. The summed E-state index contributed by atoms with van der Waals surface area (Å²) >= 11 is 1.58. The van der Waals surface area contributed by atoms with Crippen LogP contribution >= 0.6 is 11.3 Å². The summed E-state index contributed by atoms with van der Waals surface area (Å²) in [6, 6.07) is 9.16. The van der Waals surface area contributed by atoms with Gasteiger partial charge in [-0.1, -0.05) is 12.1 Å². The minimum absolute atomic E-state index is 0.188. The molecule has 0 aliphatic rings. The van der Waals surface area contributed by atoms with Crippen LogP contribution in [0.3, 0.4) is 0 Å². The van der Waals surface area contributed by atoms with Crippen molar-refractivity contribution >= 4 is 35.1 Å². The van der Waals surface area contributed by atoms with Crippen molar-refractivity contribution in [3.05, 3.63) is 58.3 Å². The van der Waals surface area contributed by atoms with Crippen LogP contribution in [0.2, 0.25) is 0 Å². The highest BCUT2D eigenvalue weighted by Gasteiger charge is 2.01. The van der Waals surface area contributed by atoms with Gasteiger partial charge in [-0.05, 0) is 46.2 Å². The fraction of sp³-hybridized carbons (Fsp3) is 0.125. The van der Waals surface area contributed by atoms with E-state index in [0.717, 1.165) is 11.1 Å². The topological polar surface area (TPSA) is 67.4 Å². The predicted molar refractivity (Wildman–Crippen MR) is 87.7 cm³/mol. The van der Waals surface area contributed by atoms with Crippen LogP contribution < -0.4 is 10.6 Å². The fourth-order valence-corrected chi connectivity index (χ4v) is 2.31. The standard InChI is InChI=1S/C16H16N2O3S/c1-21-16(20)17-10-12-2-5-14(6-3-12)18-15(19)7-4-13-8-9-22-11-13/h2-9,11H,10H2,1H3,(H,17,20)(H,18,19)/b7-4+. The van der Waals surface area contributed by atoms with E-state index in [4.69, 9.17) is 0 Å². The minimum atomic E-state index is -0.476. The van der Waals surface area contributed by atoms with Gasteiger partial charge < -0.3 is 15.4 Å². The molecular weight excluding hydrogens is 300 g/mol. The molecule has 0 spiro atoms. The average Bonchev–Trinajstić information content (AvgIpc) is 3.05. The lowest BCUT2D eigenvalue weighted by atomic mass is 10.2. The molecule has 0 atom stereocenters. The molecule has 0 saturated heterocycles. The molecule has 5 nitrogen and oxygen atoms in total. The number of carbonyl (C=O) groups is 2. The molecule has 0 saturated carbocycles. The summed E-state index contributed by atoms with van der Waals surface area (Å²) < 4.78 is 4.49. The molecule has 0 radical (unpaired) electrons. The molecular formula is C16H16N2O3S. The second-order valence-corrected chi connectivity index (χ2v) is 5.20. The molecule has 114 valence electrons. The van der Waals surface area contributed by atoms with Crippen LogP contribution in [-0.2, 0) is 16.1 Å². The Bertz CT molecular complexity index is 649. The van der Waals surface area contributed by atoms with Crippen LogP contribution in [0.4, 0.5) is 10.5 Å². The average molecular weight is 316 g/mol. The summed E-state index contributed by atoms with van der Waals surface area (Å²) in [4.78, 5) is 22.7. The van der Waals surface area contributed by atoms with Gasteiger partial charge >= 0.3 is 6.09 Å². The quantitative estimate of drug-likeness (QED) is 0.832. The molecule has 0 aliphatic carbocycles. The summed E-state index contributed by atoms with van der Waals surface area (Å²) in [6.07, 6.45) is 2.78. The number of amides is 2. The Morgan fingerprint density at radius 2 is 2.00 bits per heavy atom. The van der Waals surface area contributed by atoms with Gasteiger partial charge in [0.15, 0.2) is 0 Å². The van der Waals surface area contributed by atoms with Gasteiger partial charge in [-0.15, -0.1) is 0 Å². The molecule has 6 heteroatoms. The smallest absolute Gasteiger partial charge is 0.407 e. The van der Waals surface area contributed by atoms with Crippen molar-refractivity contribution in [1.82, 2.24) is 5.32 Å². The summed E-state index contributed by atoms with van der Waals surface area (Å²) in [6.45, 7) is 0.374. The van der Waals surface area contributed by atoms with Crippen LogP contribution in [0.25, 0.3) is 6.08 Å². The van der Waals surface area contributed by atoms with E-state index in [-0.39, 0.29) is 5.91 Å². The number of methoxy groups -OCH3 is 1. The van der Waals surface area contributed by atoms with E-state index < -0.39 is 6.09 Å². The zero-order valence-electron chi connectivity index (χ0n) is 12.0. The molecule has 0 aliphatic heterocycles. The van der Waals surface area contributed by atoms with Crippen molar-refractivity contribution in [2.24, 2.45) is 0 Å². The second kappa shape index (κ2) is 7.99. The first kappa shape index (κ1) is 15.8. The number of hydrogen-bond donors (Lipinski definition) is 2. The summed E-state index contributed by atoms with van der Waals surface area (Å²) in [5.74, 6) is -0.188. The molecule has 2 rings (SSSR count). The monoisotopic (exact) mass is 316 g/mol. The summed E-state index contributed by atoms with van der Waals surface area (Å²) in [5, 5.41) is 9.28. The Morgan fingerprint density at radius 3 is 2.64 bits per heavy atom. The molecule has 1 aromatic carbocycles. The van der Waals surface area contributed by atoms with Crippen LogP contribution in [0.5, 0.6) is 0 Å². The van der Waals surface area contributed by atoms with Crippen LogP contribution in [0.15, 0.2) is 47.2 Å². The first-order valence-electron chi connectivity index (χ1n) is 6.59. The molecule has 22 heavy (non-hydrogen) atoms. The number of hydrogen-bond acceptors (Lipinski definition) is 4. The van der Waals surface area contributed by atoms with Gasteiger partial charge in [0.2, 0.25) is 5.91 Å². The summed E-state index contributed by atoms with van der Waals surface area (Å²) in [5.41, 5.74) is 2.61. The molecule has 0 bridgehead atoms. The van der Waals surface area contributed by atoms with Gasteiger partial charge in [-0.2, -0.15) is 11.3 Å². The van der Waals surface area contributed by atoms with Crippen molar-refractivity contribution in [3.63, 3.8) is 0 Å². The maximum Gasteiger partial charge on any atom is 0.407 e. The van der Waals surface area contributed by atoms with Crippen molar-refractivity contribution in [3.8, 4) is 0 Å². The molecule has 0 fully saturated rings. The van der Waals surface area contributed by atoms with Gasteiger partial charge in [0.25, 0.3) is 0 Å². The molecule has 0 unspecified atom stereocenters. The van der Waals surface area contributed by atoms with Gasteiger partial charge in [0.1, 0.15) is 0 Å². The van der Waals surface area contributed by atoms with E-state index in [1.807, 2.05) is 29.0 Å². The second-order valence-electron chi connectivity index (χ2n) is 4.42. The lowest BCUT2D eigenvalue weighted by Gasteiger charge is -2.06. The minimum Gasteiger partial charge on any atom is -0.453 e. The lowest BCUT2D eigenvalue weighted by Crippen LogP contribution is -2.22. The molecule has 1 aromatic heterocycles. The Labute approximate surface area is 132 Å². The van der Waals surface area contributed by atoms with Crippen molar-refractivity contribution < 1.29 is 14.3 Å². The Hall–Kier alpha value is -2.60. The molecule has 2 N–H and O–H groups in total. The largest absolute Gasteiger partial charge is 0.453 e. The number of thiophene rings is 1. The number of anilines is 1. The zero-order chi connectivity index (χ0) is 15.8. The van der Waals surface area contributed by atoms with Crippen molar-refractivity contribution in [2.75, 3.05) is 12.4 Å². The van der Waals surface area contributed by atoms with Crippen LogP contribution in [0.1, 0.15) is 11.1 Å².